The van der Waals surface area contributed by atoms with E-state index in [0.29, 0.717) is 0 Å². The van der Waals surface area contributed by atoms with Crippen molar-refractivity contribution in [2.45, 2.75) is 13.0 Å². The Hall–Kier alpha value is -0.770. The molecule has 1 atom stereocenters. The summed E-state index contributed by atoms with van der Waals surface area (Å²) in [4.78, 5) is 10.3. The summed E-state index contributed by atoms with van der Waals surface area (Å²) in [7, 11) is 1.46. The van der Waals surface area contributed by atoms with E-state index in [4.69, 9.17) is 5.11 Å². The number of amides is 1. The average Bonchev–Trinajstić information content (AvgIpc) is 1.87. The van der Waals surface area contributed by atoms with Gasteiger partial charge in [0.2, 0.25) is 0 Å². The lowest BCUT2D eigenvalue weighted by Gasteiger charge is -2.08. The van der Waals surface area contributed by atoms with Crippen LogP contribution in [0.3, 0.4) is 0 Å². The van der Waals surface area contributed by atoms with Gasteiger partial charge in [0.05, 0.1) is 6.61 Å². The van der Waals surface area contributed by atoms with Crippen LogP contribution in [-0.2, 0) is 4.74 Å². The van der Waals surface area contributed by atoms with Gasteiger partial charge in [-0.1, -0.05) is 0 Å². The SMILES string of the molecule is CNC(=O)O[C@H](C)CO. The summed E-state index contributed by atoms with van der Waals surface area (Å²) in [6.07, 6.45) is -0.943. The molecule has 1 amide bonds. The molecule has 0 radical (unpaired) electrons. The first-order valence-electron chi connectivity index (χ1n) is 2.70. The topological polar surface area (TPSA) is 58.6 Å². The van der Waals surface area contributed by atoms with Crippen LogP contribution in [0.15, 0.2) is 0 Å². The monoisotopic (exact) mass is 133 g/mol. The van der Waals surface area contributed by atoms with E-state index in [1.54, 1.807) is 6.92 Å². The van der Waals surface area contributed by atoms with Crippen molar-refractivity contribution in [3.63, 3.8) is 0 Å². The van der Waals surface area contributed by atoms with Crippen molar-refractivity contribution >= 4 is 6.09 Å². The molecule has 0 aliphatic carbocycles. The minimum absolute atomic E-state index is 0.145. The second-order valence-electron chi connectivity index (χ2n) is 1.65. The van der Waals surface area contributed by atoms with Crippen LogP contribution in [0.1, 0.15) is 6.92 Å². The molecule has 0 bridgehead atoms. The van der Waals surface area contributed by atoms with Gasteiger partial charge in [0.25, 0.3) is 0 Å². The lowest BCUT2D eigenvalue weighted by atomic mass is 10.4. The summed E-state index contributed by atoms with van der Waals surface area (Å²) in [5.74, 6) is 0. The molecular formula is C5H11NO3. The van der Waals surface area contributed by atoms with Gasteiger partial charge in [0, 0.05) is 7.05 Å². The quantitative estimate of drug-likeness (QED) is 0.544. The molecule has 0 rings (SSSR count). The summed E-state index contributed by atoms with van der Waals surface area (Å²) < 4.78 is 4.55. The fraction of sp³-hybridized carbons (Fsp3) is 0.800. The predicted octanol–water partition coefficient (Wildman–Crippen LogP) is -0.277. The van der Waals surface area contributed by atoms with Crippen LogP contribution < -0.4 is 5.32 Å². The first-order chi connectivity index (χ1) is 4.20. The fourth-order valence-corrected chi connectivity index (χ4v) is 0.279. The first-order valence-corrected chi connectivity index (χ1v) is 2.70. The van der Waals surface area contributed by atoms with Gasteiger partial charge in [-0.15, -0.1) is 0 Å². The fourth-order valence-electron chi connectivity index (χ4n) is 0.279. The zero-order chi connectivity index (χ0) is 7.28. The minimum atomic E-state index is -0.517. The third-order valence-electron chi connectivity index (χ3n) is 0.769. The van der Waals surface area contributed by atoms with Gasteiger partial charge in [-0.2, -0.15) is 0 Å². The highest BCUT2D eigenvalue weighted by Crippen LogP contribution is 1.87. The van der Waals surface area contributed by atoms with E-state index in [9.17, 15) is 4.79 Å². The predicted molar refractivity (Wildman–Crippen MR) is 32.1 cm³/mol. The number of carbonyl (C=O) groups is 1. The lowest BCUT2D eigenvalue weighted by molar-refractivity contribution is 0.0694. The van der Waals surface area contributed by atoms with Gasteiger partial charge in [0.15, 0.2) is 0 Å². The maximum Gasteiger partial charge on any atom is 0.407 e. The third kappa shape index (κ3) is 3.78. The number of hydrogen-bond donors (Lipinski definition) is 2. The van der Waals surface area contributed by atoms with Crippen molar-refractivity contribution in [2.75, 3.05) is 13.7 Å². The minimum Gasteiger partial charge on any atom is -0.444 e. The highest BCUT2D eigenvalue weighted by molar-refractivity contribution is 5.66. The average molecular weight is 133 g/mol. The highest BCUT2D eigenvalue weighted by atomic mass is 16.6. The maximum absolute atomic E-state index is 10.3. The summed E-state index contributed by atoms with van der Waals surface area (Å²) in [6, 6.07) is 0. The molecule has 2 N–H and O–H groups in total. The van der Waals surface area contributed by atoms with Crippen LogP contribution in [0.25, 0.3) is 0 Å². The van der Waals surface area contributed by atoms with Crippen LogP contribution in [0.5, 0.6) is 0 Å². The molecular weight excluding hydrogens is 122 g/mol. The highest BCUT2D eigenvalue weighted by Gasteiger charge is 2.03. The number of rotatable bonds is 2. The van der Waals surface area contributed by atoms with Crippen molar-refractivity contribution < 1.29 is 14.6 Å². The van der Waals surface area contributed by atoms with E-state index in [1.807, 2.05) is 0 Å². The van der Waals surface area contributed by atoms with E-state index < -0.39 is 12.2 Å². The van der Waals surface area contributed by atoms with E-state index in [2.05, 4.69) is 10.1 Å². The molecule has 0 aliphatic heterocycles. The van der Waals surface area contributed by atoms with E-state index in [1.165, 1.54) is 7.05 Å². The molecule has 0 fully saturated rings. The summed E-state index contributed by atoms with van der Waals surface area (Å²) in [5.41, 5.74) is 0. The number of alkyl carbamates (subject to hydrolysis) is 1. The Kier molecular flexibility index (Phi) is 3.79. The Morgan fingerprint density at radius 1 is 1.89 bits per heavy atom. The number of nitrogens with one attached hydrogen (secondary N) is 1. The molecule has 54 valence electrons. The Bertz CT molecular complexity index is 94.2. The molecule has 4 heteroatoms. The standard InChI is InChI=1S/C5H11NO3/c1-4(3-7)9-5(8)6-2/h4,7H,3H2,1-2H3,(H,6,8)/t4-/m1/s1. The van der Waals surface area contributed by atoms with Crippen molar-refractivity contribution in [2.24, 2.45) is 0 Å². The zero-order valence-electron chi connectivity index (χ0n) is 5.55. The van der Waals surface area contributed by atoms with Crippen molar-refractivity contribution in [1.82, 2.24) is 5.32 Å². The van der Waals surface area contributed by atoms with Gasteiger partial charge in [0.1, 0.15) is 6.10 Å². The number of aliphatic hydroxyl groups excluding tert-OH is 1. The normalized spacial score (nSPS) is 12.3. The largest absolute Gasteiger partial charge is 0.444 e. The molecule has 9 heavy (non-hydrogen) atoms. The van der Waals surface area contributed by atoms with Crippen molar-refractivity contribution in [1.29, 1.82) is 0 Å². The molecule has 0 heterocycles. The van der Waals surface area contributed by atoms with Crippen LogP contribution in [0.2, 0.25) is 0 Å². The van der Waals surface area contributed by atoms with Crippen molar-refractivity contribution in [3.8, 4) is 0 Å². The van der Waals surface area contributed by atoms with Crippen LogP contribution >= 0.6 is 0 Å². The lowest BCUT2D eigenvalue weighted by Crippen LogP contribution is -2.26. The van der Waals surface area contributed by atoms with E-state index >= 15 is 0 Å². The second-order valence-corrected chi connectivity index (χ2v) is 1.65. The van der Waals surface area contributed by atoms with Crippen LogP contribution in [0, 0.1) is 0 Å². The van der Waals surface area contributed by atoms with Gasteiger partial charge in [-0.25, -0.2) is 4.79 Å². The molecule has 0 spiro atoms. The smallest absolute Gasteiger partial charge is 0.407 e. The molecule has 0 aromatic carbocycles. The molecule has 0 aliphatic rings. The van der Waals surface area contributed by atoms with Gasteiger partial charge in [-0.3, -0.25) is 0 Å². The third-order valence-corrected chi connectivity index (χ3v) is 0.769. The van der Waals surface area contributed by atoms with Gasteiger partial charge < -0.3 is 15.2 Å². The molecule has 0 unspecified atom stereocenters. The zero-order valence-corrected chi connectivity index (χ0v) is 5.55. The van der Waals surface area contributed by atoms with Crippen LogP contribution in [0.4, 0.5) is 4.79 Å². The molecule has 0 saturated carbocycles. The molecule has 4 nitrogen and oxygen atoms in total. The number of hydrogen-bond acceptors (Lipinski definition) is 3. The van der Waals surface area contributed by atoms with E-state index in [-0.39, 0.29) is 6.61 Å². The van der Waals surface area contributed by atoms with Gasteiger partial charge in [-0.05, 0) is 6.92 Å². The second kappa shape index (κ2) is 4.14. The van der Waals surface area contributed by atoms with E-state index in [0.717, 1.165) is 0 Å². The summed E-state index contributed by atoms with van der Waals surface area (Å²) in [6.45, 7) is 1.46. The number of ether oxygens (including phenoxy) is 1. The van der Waals surface area contributed by atoms with Gasteiger partial charge >= 0.3 is 6.09 Å². The molecule has 0 aromatic rings. The summed E-state index contributed by atoms with van der Waals surface area (Å²) >= 11 is 0. The Balaban J connectivity index is 3.34. The Labute approximate surface area is 53.8 Å². The number of aliphatic hydroxyl groups is 1. The Morgan fingerprint density at radius 3 is 2.78 bits per heavy atom. The molecule has 0 saturated heterocycles. The summed E-state index contributed by atoms with van der Waals surface area (Å²) in [5, 5.41) is 10.6. The number of carbonyl (C=O) groups excluding carboxylic acids is 1. The molecule has 0 aromatic heterocycles. The van der Waals surface area contributed by atoms with Crippen molar-refractivity contribution in [3.05, 3.63) is 0 Å². The first kappa shape index (κ1) is 8.23. The maximum atomic E-state index is 10.3. The van der Waals surface area contributed by atoms with Crippen LogP contribution in [-0.4, -0.2) is 31.0 Å². The Morgan fingerprint density at radius 2 is 2.44 bits per heavy atom.